The van der Waals surface area contributed by atoms with E-state index in [1.807, 2.05) is 6.07 Å². The predicted molar refractivity (Wildman–Crippen MR) is 122 cm³/mol. The van der Waals surface area contributed by atoms with E-state index in [1.165, 1.54) is 13.2 Å². The normalized spacial score (nSPS) is 22.9. The highest BCUT2D eigenvalue weighted by Crippen LogP contribution is 2.37. The summed E-state index contributed by atoms with van der Waals surface area (Å²) in [6.07, 6.45) is 7.30. The van der Waals surface area contributed by atoms with Gasteiger partial charge in [-0.15, -0.1) is 0 Å². The van der Waals surface area contributed by atoms with Crippen molar-refractivity contribution in [3.8, 4) is 0 Å². The van der Waals surface area contributed by atoms with Gasteiger partial charge < -0.3 is 20.2 Å². The molecular formula is C25H38FNO5. The fraction of sp³-hybridized carbons (Fsp3) is 0.680. The highest BCUT2D eigenvalue weighted by Gasteiger charge is 2.39. The number of unbranched alkanes of at least 4 members (excludes halogenated alkanes) is 3. The van der Waals surface area contributed by atoms with Crippen molar-refractivity contribution in [2.24, 2.45) is 17.0 Å². The molecule has 0 bridgehead atoms. The molecule has 32 heavy (non-hydrogen) atoms. The monoisotopic (exact) mass is 451 g/mol. The molecule has 0 heterocycles. The van der Waals surface area contributed by atoms with Crippen molar-refractivity contribution in [2.45, 2.75) is 89.3 Å². The first-order chi connectivity index (χ1) is 15.4. The van der Waals surface area contributed by atoms with Gasteiger partial charge in [0.2, 0.25) is 0 Å². The highest BCUT2D eigenvalue weighted by molar-refractivity contribution is 5.89. The second kappa shape index (κ2) is 14.2. The number of halogens is 1. The van der Waals surface area contributed by atoms with Crippen molar-refractivity contribution in [2.75, 3.05) is 7.11 Å². The van der Waals surface area contributed by atoms with E-state index in [4.69, 9.17) is 9.94 Å². The Hall–Kier alpha value is -1.99. The number of benzene rings is 1. The number of nitrogens with zero attached hydrogens (tertiary/aromatic N) is 1. The van der Waals surface area contributed by atoms with Crippen molar-refractivity contribution in [1.29, 1.82) is 0 Å². The molecule has 1 aromatic rings. The third-order valence-corrected chi connectivity index (χ3v) is 6.50. The third-order valence-electron chi connectivity index (χ3n) is 6.50. The number of aliphatic hydroxyl groups excluding tert-OH is 2. The van der Waals surface area contributed by atoms with Crippen LogP contribution < -0.4 is 0 Å². The SMILES string of the molecule is CON=C1CC(O)C(CCCCCCC(=O)O)C1CCC(O)CCCc1ccccc1F. The van der Waals surface area contributed by atoms with Crippen LogP contribution in [0.15, 0.2) is 29.4 Å². The van der Waals surface area contributed by atoms with Gasteiger partial charge in [0.1, 0.15) is 12.9 Å². The van der Waals surface area contributed by atoms with Gasteiger partial charge in [0.15, 0.2) is 0 Å². The summed E-state index contributed by atoms with van der Waals surface area (Å²) in [5, 5.41) is 33.9. The summed E-state index contributed by atoms with van der Waals surface area (Å²) in [5.41, 5.74) is 1.53. The van der Waals surface area contributed by atoms with Crippen molar-refractivity contribution in [3.63, 3.8) is 0 Å². The molecule has 180 valence electrons. The van der Waals surface area contributed by atoms with Gasteiger partial charge in [0.05, 0.1) is 17.9 Å². The van der Waals surface area contributed by atoms with Gasteiger partial charge in [-0.1, -0.05) is 42.6 Å². The quantitative estimate of drug-likeness (QED) is 0.265. The number of carboxylic acid groups (broad SMARTS) is 1. The zero-order chi connectivity index (χ0) is 23.3. The molecule has 6 nitrogen and oxygen atoms in total. The summed E-state index contributed by atoms with van der Waals surface area (Å²) in [7, 11) is 1.50. The smallest absolute Gasteiger partial charge is 0.303 e. The van der Waals surface area contributed by atoms with Crippen LogP contribution in [0.25, 0.3) is 0 Å². The Labute approximate surface area is 190 Å². The van der Waals surface area contributed by atoms with E-state index in [-0.39, 0.29) is 24.1 Å². The van der Waals surface area contributed by atoms with Crippen LogP contribution in [0, 0.1) is 17.7 Å². The molecular weight excluding hydrogens is 413 g/mol. The molecule has 0 aliphatic heterocycles. The predicted octanol–water partition coefficient (Wildman–Crippen LogP) is 4.71. The van der Waals surface area contributed by atoms with Crippen LogP contribution >= 0.6 is 0 Å². The van der Waals surface area contributed by atoms with Crippen LogP contribution in [0.5, 0.6) is 0 Å². The number of rotatable bonds is 15. The third kappa shape index (κ3) is 8.87. The lowest BCUT2D eigenvalue weighted by Crippen LogP contribution is -2.22. The molecule has 0 amide bonds. The summed E-state index contributed by atoms with van der Waals surface area (Å²) in [6, 6.07) is 6.74. The molecule has 7 heteroatoms. The van der Waals surface area contributed by atoms with Crippen LogP contribution in [-0.4, -0.2) is 46.3 Å². The Morgan fingerprint density at radius 3 is 2.62 bits per heavy atom. The Morgan fingerprint density at radius 2 is 1.91 bits per heavy atom. The molecule has 1 fully saturated rings. The molecule has 4 unspecified atom stereocenters. The van der Waals surface area contributed by atoms with Crippen LogP contribution in [0.4, 0.5) is 4.39 Å². The minimum Gasteiger partial charge on any atom is -0.481 e. The summed E-state index contributed by atoms with van der Waals surface area (Å²) in [4.78, 5) is 15.6. The molecule has 0 radical (unpaired) electrons. The van der Waals surface area contributed by atoms with E-state index < -0.39 is 18.2 Å². The zero-order valence-electron chi connectivity index (χ0n) is 19.1. The van der Waals surface area contributed by atoms with E-state index in [0.717, 1.165) is 37.8 Å². The van der Waals surface area contributed by atoms with Gasteiger partial charge in [-0.3, -0.25) is 4.79 Å². The van der Waals surface area contributed by atoms with Gasteiger partial charge in [-0.25, -0.2) is 4.39 Å². The maximum Gasteiger partial charge on any atom is 0.303 e. The number of aliphatic hydroxyl groups is 2. The molecule has 1 aliphatic rings. The number of hydrogen-bond acceptors (Lipinski definition) is 5. The van der Waals surface area contributed by atoms with Gasteiger partial charge in [-0.2, -0.15) is 0 Å². The number of hydrogen-bond donors (Lipinski definition) is 3. The Morgan fingerprint density at radius 1 is 1.16 bits per heavy atom. The first-order valence-electron chi connectivity index (χ1n) is 11.8. The van der Waals surface area contributed by atoms with Crippen molar-refractivity contribution >= 4 is 11.7 Å². The summed E-state index contributed by atoms with van der Waals surface area (Å²) in [6.45, 7) is 0. The number of oxime groups is 1. The average Bonchev–Trinajstić information content (AvgIpc) is 3.04. The first-order valence-corrected chi connectivity index (χ1v) is 11.8. The van der Waals surface area contributed by atoms with Crippen LogP contribution in [-0.2, 0) is 16.1 Å². The summed E-state index contributed by atoms with van der Waals surface area (Å²) < 4.78 is 13.7. The Kier molecular flexibility index (Phi) is 11.7. The largest absolute Gasteiger partial charge is 0.481 e. The summed E-state index contributed by atoms with van der Waals surface area (Å²) in [5.74, 6) is -0.809. The maximum atomic E-state index is 13.7. The number of aliphatic carboxylic acids is 1. The van der Waals surface area contributed by atoms with E-state index >= 15 is 0 Å². The molecule has 0 spiro atoms. The van der Waals surface area contributed by atoms with Gasteiger partial charge in [0.25, 0.3) is 0 Å². The molecule has 2 rings (SSSR count). The van der Waals surface area contributed by atoms with E-state index in [2.05, 4.69) is 5.16 Å². The van der Waals surface area contributed by atoms with Crippen molar-refractivity contribution < 1.29 is 29.3 Å². The second-order valence-corrected chi connectivity index (χ2v) is 8.87. The lowest BCUT2D eigenvalue weighted by atomic mass is 9.84. The molecule has 1 saturated carbocycles. The van der Waals surface area contributed by atoms with Crippen LogP contribution in [0.1, 0.15) is 76.2 Å². The fourth-order valence-electron chi connectivity index (χ4n) is 4.78. The molecule has 0 saturated heterocycles. The van der Waals surface area contributed by atoms with E-state index in [1.54, 1.807) is 12.1 Å². The van der Waals surface area contributed by atoms with Gasteiger partial charge in [0, 0.05) is 18.8 Å². The second-order valence-electron chi connectivity index (χ2n) is 8.87. The van der Waals surface area contributed by atoms with Crippen LogP contribution in [0.2, 0.25) is 0 Å². The standard InChI is InChI=1S/C25H38FNO5/c1-32-27-23-17-24(29)21(12-4-2-3-5-14-25(30)31)20(23)16-15-19(28)11-8-10-18-9-6-7-13-22(18)26/h6-7,9,13,19-21,24,28-29H,2-5,8,10-12,14-17H2,1H3,(H,30,31). The Bertz CT molecular complexity index is 726. The van der Waals surface area contributed by atoms with Crippen molar-refractivity contribution in [1.82, 2.24) is 0 Å². The average molecular weight is 452 g/mol. The summed E-state index contributed by atoms with van der Waals surface area (Å²) >= 11 is 0. The molecule has 1 aromatic carbocycles. The number of carbonyl (C=O) groups is 1. The minimum atomic E-state index is -0.760. The number of carboxylic acids is 1. The minimum absolute atomic E-state index is 0.0742. The topological polar surface area (TPSA) is 99.4 Å². The maximum absolute atomic E-state index is 13.7. The molecule has 0 aromatic heterocycles. The highest BCUT2D eigenvalue weighted by atomic mass is 19.1. The van der Waals surface area contributed by atoms with Crippen molar-refractivity contribution in [3.05, 3.63) is 35.6 Å². The van der Waals surface area contributed by atoms with E-state index in [0.29, 0.717) is 44.1 Å². The molecule has 3 N–H and O–H groups in total. The van der Waals surface area contributed by atoms with Crippen LogP contribution in [0.3, 0.4) is 0 Å². The first kappa shape index (κ1) is 26.3. The molecule has 1 aliphatic carbocycles. The Balaban J connectivity index is 1.78. The van der Waals surface area contributed by atoms with E-state index in [9.17, 15) is 19.4 Å². The van der Waals surface area contributed by atoms with Gasteiger partial charge in [-0.05, 0) is 62.5 Å². The number of aryl methyl sites for hydroxylation is 1. The fourth-order valence-corrected chi connectivity index (χ4v) is 4.78. The lowest BCUT2D eigenvalue weighted by Gasteiger charge is -2.23. The molecule has 4 atom stereocenters. The zero-order valence-corrected chi connectivity index (χ0v) is 19.1. The lowest BCUT2D eigenvalue weighted by molar-refractivity contribution is -0.137. The van der Waals surface area contributed by atoms with Gasteiger partial charge >= 0.3 is 5.97 Å².